The van der Waals surface area contributed by atoms with Crippen molar-refractivity contribution in [2.75, 3.05) is 7.05 Å². The Morgan fingerprint density at radius 2 is 1.65 bits per heavy atom. The highest BCUT2D eigenvalue weighted by Crippen LogP contribution is 2.34. The summed E-state index contributed by atoms with van der Waals surface area (Å²) in [5.41, 5.74) is 3.55. The molecule has 1 atom stereocenters. The highest BCUT2D eigenvalue weighted by atomic mass is 35.5. The van der Waals surface area contributed by atoms with Crippen LogP contribution < -0.4 is 0 Å². The molecule has 5 nitrogen and oxygen atoms in total. The summed E-state index contributed by atoms with van der Waals surface area (Å²) in [4.78, 5) is 25.6. The normalized spacial score (nSPS) is 14.3. The van der Waals surface area contributed by atoms with Crippen molar-refractivity contribution in [2.24, 2.45) is 0 Å². The van der Waals surface area contributed by atoms with Crippen LogP contribution in [0.15, 0.2) is 77.5 Å². The molecule has 180 valence electrons. The zero-order chi connectivity index (χ0) is 25.5. The first kappa shape index (κ1) is 27.1. The van der Waals surface area contributed by atoms with Crippen LogP contribution in [0, 0.1) is 0 Å². The van der Waals surface area contributed by atoms with Gasteiger partial charge in [-0.05, 0) is 69.0 Å². The number of carbonyl (C=O) groups excluding carboxylic acids is 1. The third kappa shape index (κ3) is 7.44. The second-order valence-corrected chi connectivity index (χ2v) is 9.42. The molecule has 0 fully saturated rings. The number of hydrogen-bond donors (Lipinski definition) is 1. The van der Waals surface area contributed by atoms with Crippen molar-refractivity contribution in [3.8, 4) is 0 Å². The largest absolute Gasteiger partial charge is 0.479 e. The molecular formula is C28H32ClNO4. The Morgan fingerprint density at radius 1 is 1.06 bits per heavy atom. The van der Waals surface area contributed by atoms with Gasteiger partial charge >= 0.3 is 5.97 Å². The van der Waals surface area contributed by atoms with Gasteiger partial charge in [0.1, 0.15) is 0 Å². The minimum absolute atomic E-state index is 0.240. The molecule has 0 bridgehead atoms. The molecule has 0 saturated carbocycles. The lowest BCUT2D eigenvalue weighted by atomic mass is 9.90. The quantitative estimate of drug-likeness (QED) is 0.330. The van der Waals surface area contributed by atoms with Crippen LogP contribution in [0.25, 0.3) is 11.6 Å². The number of likely N-dealkylation sites (N-methyl/N-ethyl adjacent to an activating group) is 1. The first-order chi connectivity index (χ1) is 15.9. The van der Waals surface area contributed by atoms with E-state index in [-0.39, 0.29) is 5.70 Å². The van der Waals surface area contributed by atoms with Crippen LogP contribution in [-0.4, -0.2) is 41.1 Å². The van der Waals surface area contributed by atoms with Gasteiger partial charge in [-0.1, -0.05) is 66.2 Å². The maximum absolute atomic E-state index is 12.4. The summed E-state index contributed by atoms with van der Waals surface area (Å²) in [5.74, 6) is -1.18. The van der Waals surface area contributed by atoms with Gasteiger partial charge in [0.15, 0.2) is 6.10 Å². The molecule has 34 heavy (non-hydrogen) atoms. The number of carbonyl (C=O) groups is 2. The second kappa shape index (κ2) is 11.8. The lowest BCUT2D eigenvalue weighted by Gasteiger charge is -2.31. The van der Waals surface area contributed by atoms with Crippen LogP contribution in [0.5, 0.6) is 0 Å². The Bertz CT molecular complexity index is 1090. The Balaban J connectivity index is 2.84. The molecule has 0 aromatic heterocycles. The maximum Gasteiger partial charge on any atom is 0.339 e. The Hall–Kier alpha value is -3.15. The van der Waals surface area contributed by atoms with E-state index in [1.807, 2.05) is 68.5 Å². The number of halogens is 1. The summed E-state index contributed by atoms with van der Waals surface area (Å²) < 4.78 is 5.95. The molecule has 2 rings (SSSR count). The van der Waals surface area contributed by atoms with Crippen molar-refractivity contribution >= 4 is 35.6 Å². The van der Waals surface area contributed by atoms with Gasteiger partial charge < -0.3 is 14.7 Å². The van der Waals surface area contributed by atoms with Crippen LogP contribution >= 0.6 is 11.6 Å². The molecule has 0 saturated heterocycles. The highest BCUT2D eigenvalue weighted by Gasteiger charge is 2.34. The molecule has 1 unspecified atom stereocenters. The third-order valence-corrected chi connectivity index (χ3v) is 5.42. The molecule has 6 heteroatoms. The molecule has 1 amide bonds. The molecule has 0 heterocycles. The minimum atomic E-state index is -1.37. The molecule has 0 radical (unpaired) electrons. The number of carboxylic acids is 1. The lowest BCUT2D eigenvalue weighted by molar-refractivity contribution is -0.157. The SMILES string of the molecule is CC(/C=C/c1ccccc1)=C(C)\C(=C(\C(OC(C)(C)C)C(=O)O)N(C)C=O)c1ccc(Cl)cc1. The van der Waals surface area contributed by atoms with E-state index in [2.05, 4.69) is 0 Å². The van der Waals surface area contributed by atoms with Crippen LogP contribution in [-0.2, 0) is 14.3 Å². The van der Waals surface area contributed by atoms with E-state index in [4.69, 9.17) is 16.3 Å². The third-order valence-electron chi connectivity index (χ3n) is 5.16. The Kier molecular flexibility index (Phi) is 9.42. The number of carboxylic acid groups (broad SMARTS) is 1. The van der Waals surface area contributed by atoms with Gasteiger partial charge in [0.2, 0.25) is 6.41 Å². The predicted molar refractivity (Wildman–Crippen MR) is 138 cm³/mol. The van der Waals surface area contributed by atoms with Gasteiger partial charge in [0.05, 0.1) is 11.3 Å². The van der Waals surface area contributed by atoms with Crippen LogP contribution in [0.1, 0.15) is 45.7 Å². The van der Waals surface area contributed by atoms with E-state index in [0.717, 1.165) is 22.3 Å². The average molecular weight is 482 g/mol. The van der Waals surface area contributed by atoms with Crippen molar-refractivity contribution < 1.29 is 19.4 Å². The second-order valence-electron chi connectivity index (χ2n) is 8.98. The number of nitrogens with zero attached hydrogens (tertiary/aromatic N) is 1. The summed E-state index contributed by atoms with van der Waals surface area (Å²) in [6.07, 6.45) is 3.18. The molecule has 0 aliphatic carbocycles. The van der Waals surface area contributed by atoms with Crippen molar-refractivity contribution in [3.05, 3.63) is 93.7 Å². The number of allylic oxidation sites excluding steroid dienone is 4. The minimum Gasteiger partial charge on any atom is -0.479 e. The van der Waals surface area contributed by atoms with E-state index in [9.17, 15) is 14.7 Å². The van der Waals surface area contributed by atoms with E-state index in [1.54, 1.807) is 32.9 Å². The first-order valence-electron chi connectivity index (χ1n) is 10.9. The number of ether oxygens (including phenoxy) is 1. The van der Waals surface area contributed by atoms with Gasteiger partial charge in [0, 0.05) is 17.6 Å². The zero-order valence-electron chi connectivity index (χ0n) is 20.5. The zero-order valence-corrected chi connectivity index (χ0v) is 21.3. The average Bonchev–Trinajstić information content (AvgIpc) is 2.79. The molecular weight excluding hydrogens is 450 g/mol. The number of aliphatic carboxylic acids is 1. The van der Waals surface area contributed by atoms with Crippen LogP contribution in [0.2, 0.25) is 5.02 Å². The molecule has 2 aromatic rings. The van der Waals surface area contributed by atoms with Crippen molar-refractivity contribution in [1.82, 2.24) is 4.90 Å². The summed E-state index contributed by atoms with van der Waals surface area (Å²) in [6.45, 7) is 9.19. The molecule has 0 aliphatic heterocycles. The molecule has 0 spiro atoms. The van der Waals surface area contributed by atoms with Crippen molar-refractivity contribution in [2.45, 2.75) is 46.3 Å². The maximum atomic E-state index is 12.4. The van der Waals surface area contributed by atoms with Gasteiger partial charge in [-0.3, -0.25) is 4.79 Å². The molecule has 2 aromatic carbocycles. The lowest BCUT2D eigenvalue weighted by Crippen LogP contribution is -2.40. The standard InChI is InChI=1S/C28H32ClNO4/c1-19(12-13-21-10-8-7-9-11-21)20(2)24(22-14-16-23(29)17-15-22)25(30(6)18-31)26(27(32)33)34-28(3,4)5/h7-18,26H,1-6H3,(H,32,33)/b13-12+,20-19+,25-24+. The smallest absolute Gasteiger partial charge is 0.339 e. The summed E-state index contributed by atoms with van der Waals surface area (Å²) in [6, 6.07) is 17.0. The topological polar surface area (TPSA) is 66.8 Å². The Labute approximate surface area is 207 Å². The van der Waals surface area contributed by atoms with Gasteiger partial charge in [-0.25, -0.2) is 4.79 Å². The predicted octanol–water partition coefficient (Wildman–Crippen LogP) is 6.46. The first-order valence-corrected chi connectivity index (χ1v) is 11.3. The monoisotopic (exact) mass is 481 g/mol. The van der Waals surface area contributed by atoms with E-state index < -0.39 is 17.7 Å². The van der Waals surface area contributed by atoms with Gasteiger partial charge in [-0.15, -0.1) is 0 Å². The fourth-order valence-corrected chi connectivity index (χ4v) is 3.53. The van der Waals surface area contributed by atoms with Crippen molar-refractivity contribution in [1.29, 1.82) is 0 Å². The number of hydrogen-bond acceptors (Lipinski definition) is 3. The van der Waals surface area contributed by atoms with Gasteiger partial charge in [0.25, 0.3) is 0 Å². The van der Waals surface area contributed by atoms with E-state index in [1.165, 1.54) is 11.9 Å². The summed E-state index contributed by atoms with van der Waals surface area (Å²) in [5, 5.41) is 10.7. The fraction of sp³-hybridized carbons (Fsp3) is 0.286. The van der Waals surface area contributed by atoms with E-state index >= 15 is 0 Å². The van der Waals surface area contributed by atoms with E-state index in [0.29, 0.717) is 17.0 Å². The van der Waals surface area contributed by atoms with Crippen LogP contribution in [0.4, 0.5) is 0 Å². The van der Waals surface area contributed by atoms with Crippen LogP contribution in [0.3, 0.4) is 0 Å². The highest BCUT2D eigenvalue weighted by molar-refractivity contribution is 6.30. The Morgan fingerprint density at radius 3 is 2.15 bits per heavy atom. The number of amides is 1. The number of rotatable bonds is 9. The fourth-order valence-electron chi connectivity index (χ4n) is 3.41. The summed E-state index contributed by atoms with van der Waals surface area (Å²) >= 11 is 6.12. The molecule has 0 aliphatic rings. The number of benzene rings is 2. The molecule has 1 N–H and O–H groups in total. The van der Waals surface area contributed by atoms with Gasteiger partial charge in [-0.2, -0.15) is 0 Å². The van der Waals surface area contributed by atoms with Crippen molar-refractivity contribution in [3.63, 3.8) is 0 Å². The summed E-state index contributed by atoms with van der Waals surface area (Å²) in [7, 11) is 1.53.